The quantitative estimate of drug-likeness (QED) is 0.551. The minimum absolute atomic E-state index is 1.62. The molecule has 0 aliphatic carbocycles. The summed E-state index contributed by atoms with van der Waals surface area (Å²) in [6, 6.07) is 0. The van der Waals surface area contributed by atoms with Gasteiger partial charge in [0.05, 0.1) is 13.4 Å². The summed E-state index contributed by atoms with van der Waals surface area (Å²) in [7, 11) is 1.62. The smallest absolute Gasteiger partial charge is 0.427 e. The minimum Gasteiger partial charge on any atom is -0.505 e. The maximum Gasteiger partial charge on any atom is 0.427 e. The number of hydrogen-bond acceptors (Lipinski definition) is 3. The van der Waals surface area contributed by atoms with Crippen LogP contribution in [-0.2, 0) is 4.74 Å². The van der Waals surface area contributed by atoms with Gasteiger partial charge in [-0.1, -0.05) is 6.08 Å². The van der Waals surface area contributed by atoms with Crippen LogP contribution < -0.4 is 0 Å². The van der Waals surface area contributed by atoms with Gasteiger partial charge in [0.2, 0.25) is 0 Å². The molecule has 0 radical (unpaired) electrons. The molecule has 0 heterocycles. The highest BCUT2D eigenvalue weighted by Crippen LogP contribution is 2.30. The topological polar surface area (TPSA) is 49.7 Å². The van der Waals surface area contributed by atoms with E-state index in [4.69, 9.17) is 10.2 Å². The van der Waals surface area contributed by atoms with E-state index in [2.05, 4.69) is 16.3 Å². The first-order chi connectivity index (χ1) is 5.66. The molecule has 0 aromatic rings. The van der Waals surface area contributed by atoms with Crippen LogP contribution in [0.4, 0.5) is 13.2 Å². The summed E-state index contributed by atoms with van der Waals surface area (Å²) in [6.07, 6.45) is -1.45. The van der Waals surface area contributed by atoms with E-state index in [-0.39, 0.29) is 0 Å². The van der Waals surface area contributed by atoms with E-state index in [1.807, 2.05) is 13.0 Å². The molecule has 1 unspecified atom stereocenters. The summed E-state index contributed by atoms with van der Waals surface area (Å²) < 4.78 is 37.8. The zero-order chi connectivity index (χ0) is 11.1. The van der Waals surface area contributed by atoms with Crippen LogP contribution in [0.1, 0.15) is 6.92 Å². The van der Waals surface area contributed by atoms with Crippen molar-refractivity contribution >= 4 is 11.6 Å². The standard InChI is InChI=1S/C4H8O.C2H2ClF3O2/c1-3-4-5-2;3-1(4,7)2(5,6)8/h3-4H,1-2H3;7-8H. The number of hydrogen-bond donors (Lipinski definition) is 2. The van der Waals surface area contributed by atoms with Crippen LogP contribution in [0.3, 0.4) is 0 Å². The summed E-state index contributed by atoms with van der Waals surface area (Å²) in [5, 5.41) is 10.3. The second kappa shape index (κ2) is 6.06. The van der Waals surface area contributed by atoms with Gasteiger partial charge in [-0.2, -0.15) is 13.2 Å². The lowest BCUT2D eigenvalue weighted by Gasteiger charge is -2.15. The van der Waals surface area contributed by atoms with Crippen molar-refractivity contribution in [1.82, 2.24) is 0 Å². The van der Waals surface area contributed by atoms with Gasteiger partial charge >= 0.3 is 11.4 Å². The Balaban J connectivity index is 0. The molecule has 0 aliphatic rings. The summed E-state index contributed by atoms with van der Waals surface area (Å²) in [6.45, 7) is 1.91. The molecule has 2 N–H and O–H groups in total. The van der Waals surface area contributed by atoms with Gasteiger partial charge in [-0.15, -0.1) is 0 Å². The van der Waals surface area contributed by atoms with Gasteiger partial charge in [0.1, 0.15) is 0 Å². The maximum atomic E-state index is 11.2. The predicted octanol–water partition coefficient (Wildman–Crippen LogP) is 1.59. The molecule has 1 atom stereocenters. The second-order valence-corrected chi connectivity index (χ2v) is 2.29. The van der Waals surface area contributed by atoms with Crippen molar-refractivity contribution < 1.29 is 28.1 Å². The molecule has 7 heteroatoms. The number of halogens is 4. The average Bonchev–Trinajstić information content (AvgIpc) is 1.85. The Morgan fingerprint density at radius 1 is 1.31 bits per heavy atom. The first-order valence-electron chi connectivity index (χ1n) is 3.01. The number of methoxy groups -OCH3 is 1. The molecule has 80 valence electrons. The second-order valence-electron chi connectivity index (χ2n) is 1.79. The molecule has 0 aromatic heterocycles. The normalized spacial score (nSPS) is 16.0. The van der Waals surface area contributed by atoms with E-state index in [9.17, 15) is 13.2 Å². The predicted molar refractivity (Wildman–Crippen MR) is 40.9 cm³/mol. The SMILES string of the molecule is CC=COC.OC(F)(F)C(O)(F)Cl. The number of alkyl halides is 4. The Hall–Kier alpha value is -0.460. The van der Waals surface area contributed by atoms with Crippen molar-refractivity contribution in [3.05, 3.63) is 12.3 Å². The molecule has 0 amide bonds. The third-order valence-electron chi connectivity index (χ3n) is 0.634. The summed E-state index contributed by atoms with van der Waals surface area (Å²) in [4.78, 5) is 0. The first-order valence-corrected chi connectivity index (χ1v) is 3.39. The Kier molecular flexibility index (Phi) is 7.01. The molecule has 13 heavy (non-hydrogen) atoms. The molecule has 0 saturated heterocycles. The average molecular weight is 223 g/mol. The highest BCUT2D eigenvalue weighted by molar-refractivity contribution is 6.22. The van der Waals surface area contributed by atoms with Crippen molar-refractivity contribution in [2.24, 2.45) is 0 Å². The van der Waals surface area contributed by atoms with Crippen LogP contribution in [0, 0.1) is 0 Å². The van der Waals surface area contributed by atoms with Crippen LogP contribution in [-0.4, -0.2) is 28.7 Å². The van der Waals surface area contributed by atoms with Crippen molar-refractivity contribution in [3.63, 3.8) is 0 Å². The van der Waals surface area contributed by atoms with E-state index >= 15 is 0 Å². The van der Waals surface area contributed by atoms with Crippen LogP contribution in [0.5, 0.6) is 0 Å². The first kappa shape index (κ1) is 15.0. The molecule has 0 aromatic carbocycles. The zero-order valence-electron chi connectivity index (χ0n) is 6.97. The van der Waals surface area contributed by atoms with Gasteiger partial charge in [0, 0.05) is 0 Å². The van der Waals surface area contributed by atoms with E-state index < -0.39 is 11.4 Å². The summed E-state index contributed by atoms with van der Waals surface area (Å²) in [5.74, 6) is 0. The third kappa shape index (κ3) is 9.45. The van der Waals surface area contributed by atoms with E-state index in [0.717, 1.165) is 0 Å². The van der Waals surface area contributed by atoms with Gasteiger partial charge in [0.15, 0.2) is 0 Å². The van der Waals surface area contributed by atoms with Crippen molar-refractivity contribution in [3.8, 4) is 0 Å². The van der Waals surface area contributed by atoms with Gasteiger partial charge in [-0.3, -0.25) is 0 Å². The fraction of sp³-hybridized carbons (Fsp3) is 0.667. The Morgan fingerprint density at radius 2 is 1.62 bits per heavy atom. The lowest BCUT2D eigenvalue weighted by Crippen LogP contribution is -2.38. The lowest BCUT2D eigenvalue weighted by atomic mass is 10.6. The number of ether oxygens (including phenoxy) is 1. The largest absolute Gasteiger partial charge is 0.505 e. The van der Waals surface area contributed by atoms with Crippen LogP contribution in [0.2, 0.25) is 0 Å². The molecule has 0 spiro atoms. The highest BCUT2D eigenvalue weighted by atomic mass is 35.5. The van der Waals surface area contributed by atoms with Crippen LogP contribution >= 0.6 is 11.6 Å². The Morgan fingerprint density at radius 3 is 1.62 bits per heavy atom. The maximum absolute atomic E-state index is 11.2. The van der Waals surface area contributed by atoms with Crippen molar-refractivity contribution in [2.75, 3.05) is 7.11 Å². The third-order valence-corrected chi connectivity index (χ3v) is 0.861. The molecule has 0 aliphatic heterocycles. The van der Waals surface area contributed by atoms with Gasteiger partial charge in [-0.25, -0.2) is 0 Å². The van der Waals surface area contributed by atoms with Gasteiger partial charge < -0.3 is 14.9 Å². The summed E-state index contributed by atoms with van der Waals surface area (Å²) in [5.41, 5.74) is 0. The minimum atomic E-state index is -4.91. The Labute approximate surface area is 78.4 Å². The molecular formula is C6H10ClF3O3. The number of aliphatic hydroxyl groups is 2. The summed E-state index contributed by atoms with van der Waals surface area (Å²) >= 11 is 3.90. The zero-order valence-corrected chi connectivity index (χ0v) is 7.73. The fourth-order valence-corrected chi connectivity index (χ4v) is 0.136. The molecular weight excluding hydrogens is 213 g/mol. The molecule has 0 bridgehead atoms. The molecule has 0 rings (SSSR count). The van der Waals surface area contributed by atoms with Crippen molar-refractivity contribution in [2.45, 2.75) is 18.3 Å². The number of allylic oxidation sites excluding steroid dienone is 1. The van der Waals surface area contributed by atoms with E-state index in [1.165, 1.54) is 0 Å². The van der Waals surface area contributed by atoms with Gasteiger partial charge in [0.25, 0.3) is 0 Å². The molecule has 0 fully saturated rings. The monoisotopic (exact) mass is 222 g/mol. The molecule has 3 nitrogen and oxygen atoms in total. The van der Waals surface area contributed by atoms with E-state index in [0.29, 0.717) is 0 Å². The van der Waals surface area contributed by atoms with Crippen molar-refractivity contribution in [1.29, 1.82) is 0 Å². The van der Waals surface area contributed by atoms with E-state index in [1.54, 1.807) is 13.4 Å². The highest BCUT2D eigenvalue weighted by Gasteiger charge is 2.51. The van der Waals surface area contributed by atoms with Crippen LogP contribution in [0.15, 0.2) is 12.3 Å². The van der Waals surface area contributed by atoms with Crippen LogP contribution in [0.25, 0.3) is 0 Å². The lowest BCUT2D eigenvalue weighted by molar-refractivity contribution is -0.315. The fourth-order valence-electron chi connectivity index (χ4n) is 0.136. The molecule has 0 saturated carbocycles. The Bertz CT molecular complexity index is 138. The van der Waals surface area contributed by atoms with Gasteiger partial charge in [-0.05, 0) is 18.5 Å². The number of rotatable bonds is 2.